The third-order valence-corrected chi connectivity index (χ3v) is 2.63. The van der Waals surface area contributed by atoms with E-state index in [2.05, 4.69) is 9.97 Å². The standard InChI is InChI=1S/C13H10F4N2O2/c1-21-6-8-5-11(20)19-12(18-8)9-4-7(14)2-3-10(9)13(15,16)17/h2-5H,6H2,1H3,(H,18,19,20). The minimum atomic E-state index is -4.70. The summed E-state index contributed by atoms with van der Waals surface area (Å²) in [6.07, 6.45) is -4.70. The molecule has 0 aliphatic rings. The molecule has 1 heterocycles. The monoisotopic (exact) mass is 302 g/mol. The molecule has 0 unspecified atom stereocenters. The van der Waals surface area contributed by atoms with E-state index in [0.717, 1.165) is 6.07 Å². The van der Waals surface area contributed by atoms with Crippen LogP contribution in [0.1, 0.15) is 11.3 Å². The first-order chi connectivity index (χ1) is 9.81. The minimum Gasteiger partial charge on any atom is -0.378 e. The van der Waals surface area contributed by atoms with Crippen molar-refractivity contribution in [3.05, 3.63) is 51.7 Å². The molecular weight excluding hydrogens is 292 g/mol. The van der Waals surface area contributed by atoms with Crippen LogP contribution in [0.4, 0.5) is 17.6 Å². The van der Waals surface area contributed by atoms with Gasteiger partial charge in [0.15, 0.2) is 0 Å². The van der Waals surface area contributed by atoms with E-state index in [0.29, 0.717) is 18.2 Å². The number of ether oxygens (including phenoxy) is 1. The molecule has 0 spiro atoms. The molecule has 0 fully saturated rings. The number of alkyl halides is 3. The minimum absolute atomic E-state index is 0.0480. The Labute approximate surface area is 116 Å². The lowest BCUT2D eigenvalue weighted by molar-refractivity contribution is -0.137. The largest absolute Gasteiger partial charge is 0.417 e. The van der Waals surface area contributed by atoms with Crippen LogP contribution in [0.15, 0.2) is 29.1 Å². The maximum absolute atomic E-state index is 13.3. The number of benzene rings is 1. The van der Waals surface area contributed by atoms with Gasteiger partial charge in [-0.3, -0.25) is 4.79 Å². The van der Waals surface area contributed by atoms with Crippen molar-refractivity contribution in [2.24, 2.45) is 0 Å². The van der Waals surface area contributed by atoms with Gasteiger partial charge in [0.25, 0.3) is 5.56 Å². The molecule has 2 aromatic rings. The maximum atomic E-state index is 13.3. The average Bonchev–Trinajstić information content (AvgIpc) is 2.36. The lowest BCUT2D eigenvalue weighted by Crippen LogP contribution is -2.14. The Bertz CT molecular complexity index is 710. The molecule has 1 aromatic carbocycles. The highest BCUT2D eigenvalue weighted by atomic mass is 19.4. The molecule has 0 aliphatic carbocycles. The van der Waals surface area contributed by atoms with Crippen LogP contribution in [-0.2, 0) is 17.5 Å². The predicted octanol–water partition coefficient (Wildman–Crippen LogP) is 2.74. The number of H-pyrrole nitrogens is 1. The summed E-state index contributed by atoms with van der Waals surface area (Å²) >= 11 is 0. The van der Waals surface area contributed by atoms with Crippen LogP contribution in [-0.4, -0.2) is 17.1 Å². The third-order valence-electron chi connectivity index (χ3n) is 2.63. The van der Waals surface area contributed by atoms with Crippen LogP contribution >= 0.6 is 0 Å². The van der Waals surface area contributed by atoms with Gasteiger partial charge in [-0.15, -0.1) is 0 Å². The number of rotatable bonds is 3. The summed E-state index contributed by atoms with van der Waals surface area (Å²) in [6.45, 7) is -0.0480. The van der Waals surface area contributed by atoms with Gasteiger partial charge in [0, 0.05) is 18.7 Å². The number of nitrogens with one attached hydrogen (secondary N) is 1. The fraction of sp³-hybridized carbons (Fsp3) is 0.231. The van der Waals surface area contributed by atoms with Crippen molar-refractivity contribution in [2.75, 3.05) is 7.11 Å². The van der Waals surface area contributed by atoms with E-state index in [4.69, 9.17) is 4.74 Å². The normalized spacial score (nSPS) is 11.7. The Hall–Kier alpha value is -2.22. The number of hydrogen-bond acceptors (Lipinski definition) is 3. The van der Waals surface area contributed by atoms with Crippen molar-refractivity contribution >= 4 is 0 Å². The summed E-state index contributed by atoms with van der Waals surface area (Å²) < 4.78 is 56.9. The van der Waals surface area contributed by atoms with E-state index in [1.807, 2.05) is 0 Å². The highest BCUT2D eigenvalue weighted by Crippen LogP contribution is 2.36. The molecule has 4 nitrogen and oxygen atoms in total. The summed E-state index contributed by atoms with van der Waals surface area (Å²) in [6, 6.07) is 3.08. The van der Waals surface area contributed by atoms with Crippen LogP contribution in [0.25, 0.3) is 11.4 Å². The number of hydrogen-bond donors (Lipinski definition) is 1. The first-order valence-corrected chi connectivity index (χ1v) is 5.77. The second kappa shape index (κ2) is 5.65. The molecule has 0 radical (unpaired) electrons. The van der Waals surface area contributed by atoms with Crippen LogP contribution in [0.2, 0.25) is 0 Å². The topological polar surface area (TPSA) is 55.0 Å². The zero-order valence-corrected chi connectivity index (χ0v) is 10.8. The van der Waals surface area contributed by atoms with Crippen molar-refractivity contribution in [2.45, 2.75) is 12.8 Å². The van der Waals surface area contributed by atoms with Gasteiger partial charge < -0.3 is 9.72 Å². The molecule has 0 aliphatic heterocycles. The van der Waals surface area contributed by atoms with E-state index >= 15 is 0 Å². The highest BCUT2D eigenvalue weighted by Gasteiger charge is 2.34. The van der Waals surface area contributed by atoms with E-state index < -0.39 is 28.7 Å². The molecule has 8 heteroatoms. The van der Waals surface area contributed by atoms with Gasteiger partial charge >= 0.3 is 6.18 Å². The summed E-state index contributed by atoms with van der Waals surface area (Å²) in [7, 11) is 1.35. The van der Waals surface area contributed by atoms with Gasteiger partial charge in [0.1, 0.15) is 11.6 Å². The van der Waals surface area contributed by atoms with Gasteiger partial charge in [-0.2, -0.15) is 13.2 Å². The quantitative estimate of drug-likeness (QED) is 0.887. The van der Waals surface area contributed by atoms with Crippen LogP contribution in [0, 0.1) is 5.82 Å². The molecule has 1 N–H and O–H groups in total. The van der Waals surface area contributed by atoms with E-state index in [1.54, 1.807) is 0 Å². The summed E-state index contributed by atoms with van der Waals surface area (Å²) in [5.74, 6) is -1.22. The number of aromatic amines is 1. The van der Waals surface area contributed by atoms with E-state index in [-0.39, 0.29) is 18.1 Å². The second-order valence-electron chi connectivity index (χ2n) is 4.21. The molecule has 21 heavy (non-hydrogen) atoms. The van der Waals surface area contributed by atoms with Crippen molar-refractivity contribution in [1.82, 2.24) is 9.97 Å². The third kappa shape index (κ3) is 3.46. The Morgan fingerprint density at radius 2 is 2.00 bits per heavy atom. The number of aromatic nitrogens is 2. The van der Waals surface area contributed by atoms with Crippen LogP contribution in [0.5, 0.6) is 0 Å². The van der Waals surface area contributed by atoms with Crippen LogP contribution < -0.4 is 5.56 Å². The van der Waals surface area contributed by atoms with Gasteiger partial charge in [-0.1, -0.05) is 0 Å². The lowest BCUT2D eigenvalue weighted by atomic mass is 10.1. The number of nitrogens with zero attached hydrogens (tertiary/aromatic N) is 1. The predicted molar refractivity (Wildman–Crippen MR) is 66.0 cm³/mol. The van der Waals surface area contributed by atoms with Gasteiger partial charge in [0.2, 0.25) is 0 Å². The average molecular weight is 302 g/mol. The summed E-state index contributed by atoms with van der Waals surface area (Å²) in [5.41, 5.74) is -2.11. The maximum Gasteiger partial charge on any atom is 0.417 e. The Balaban J connectivity index is 2.66. The van der Waals surface area contributed by atoms with Crippen molar-refractivity contribution in [3.63, 3.8) is 0 Å². The lowest BCUT2D eigenvalue weighted by Gasteiger charge is -2.12. The van der Waals surface area contributed by atoms with Crippen molar-refractivity contribution < 1.29 is 22.3 Å². The molecule has 2 rings (SSSR count). The van der Waals surface area contributed by atoms with Crippen molar-refractivity contribution in [1.29, 1.82) is 0 Å². The molecular formula is C13H10F4N2O2. The zero-order valence-electron chi connectivity index (χ0n) is 10.8. The van der Waals surface area contributed by atoms with E-state index in [1.165, 1.54) is 7.11 Å². The fourth-order valence-corrected chi connectivity index (χ4v) is 1.82. The first kappa shape index (κ1) is 15.2. The Kier molecular flexibility index (Phi) is 4.08. The molecule has 0 saturated heterocycles. The van der Waals surface area contributed by atoms with Crippen LogP contribution in [0.3, 0.4) is 0 Å². The molecule has 0 saturated carbocycles. The molecule has 0 amide bonds. The number of methoxy groups -OCH3 is 1. The van der Waals surface area contributed by atoms with Gasteiger partial charge in [-0.05, 0) is 18.2 Å². The SMILES string of the molecule is COCc1cc(=O)[nH]c(-c2cc(F)ccc2C(F)(F)F)n1. The molecule has 112 valence electrons. The van der Waals surface area contributed by atoms with Gasteiger partial charge in [0.05, 0.1) is 17.9 Å². The molecule has 1 aromatic heterocycles. The van der Waals surface area contributed by atoms with Gasteiger partial charge in [-0.25, -0.2) is 9.37 Å². The summed E-state index contributed by atoms with van der Waals surface area (Å²) in [5, 5.41) is 0. The number of halogens is 4. The fourth-order valence-electron chi connectivity index (χ4n) is 1.82. The molecule has 0 bridgehead atoms. The first-order valence-electron chi connectivity index (χ1n) is 5.77. The highest BCUT2D eigenvalue weighted by molar-refractivity contribution is 5.61. The second-order valence-corrected chi connectivity index (χ2v) is 4.21. The Morgan fingerprint density at radius 3 is 2.62 bits per heavy atom. The van der Waals surface area contributed by atoms with Crippen molar-refractivity contribution in [3.8, 4) is 11.4 Å². The zero-order chi connectivity index (χ0) is 15.6. The smallest absolute Gasteiger partial charge is 0.378 e. The summed E-state index contributed by atoms with van der Waals surface area (Å²) in [4.78, 5) is 17.5. The Morgan fingerprint density at radius 1 is 1.29 bits per heavy atom. The molecule has 0 atom stereocenters. The van der Waals surface area contributed by atoms with E-state index in [9.17, 15) is 22.4 Å².